The first-order chi connectivity index (χ1) is 11.7. The molecule has 0 aliphatic carbocycles. The normalized spacial score (nSPS) is 11.0. The highest BCUT2D eigenvalue weighted by Gasteiger charge is 2.17. The van der Waals surface area contributed by atoms with Crippen LogP contribution in [-0.2, 0) is 16.2 Å². The monoisotopic (exact) mass is 326 g/mol. The average Bonchev–Trinajstić information content (AvgIpc) is 2.64. The molecule has 2 rings (SSSR count). The second-order valence-corrected chi connectivity index (χ2v) is 5.16. The van der Waals surface area contributed by atoms with Crippen LogP contribution in [0.3, 0.4) is 0 Å². The minimum absolute atomic E-state index is 0.272. The summed E-state index contributed by atoms with van der Waals surface area (Å²) in [7, 11) is 1.37. The fraction of sp³-hybridized carbons (Fsp3) is 0.263. The molecular formula is C19H22N2O3. The van der Waals surface area contributed by atoms with E-state index in [1.165, 1.54) is 7.11 Å². The molecule has 0 aromatic heterocycles. The van der Waals surface area contributed by atoms with E-state index in [1.54, 1.807) is 4.90 Å². The molecule has 0 aliphatic rings. The van der Waals surface area contributed by atoms with Crippen molar-refractivity contribution in [3.05, 3.63) is 65.7 Å². The number of ether oxygens (including phenoxy) is 1. The Labute approximate surface area is 142 Å². The van der Waals surface area contributed by atoms with Crippen molar-refractivity contribution in [3.8, 4) is 0 Å². The molecule has 0 radical (unpaired) electrons. The van der Waals surface area contributed by atoms with Crippen LogP contribution in [0.2, 0.25) is 0 Å². The Bertz CT molecular complexity index is 699. The number of benzene rings is 2. The fourth-order valence-electron chi connectivity index (χ4n) is 2.33. The lowest BCUT2D eigenvalue weighted by atomic mass is 10.1. The second-order valence-electron chi connectivity index (χ2n) is 5.16. The molecule has 2 aromatic carbocycles. The average molecular weight is 326 g/mol. The van der Waals surface area contributed by atoms with Crippen molar-refractivity contribution < 1.29 is 14.4 Å². The SMILES string of the molecule is CCN(C(=O)OC)c1ccccc1CON=C(C)c1ccccc1. The summed E-state index contributed by atoms with van der Waals surface area (Å²) in [6, 6.07) is 17.4. The Hall–Kier alpha value is -2.82. The van der Waals surface area contributed by atoms with E-state index in [0.29, 0.717) is 6.54 Å². The summed E-state index contributed by atoms with van der Waals surface area (Å²) in [5.41, 5.74) is 3.44. The number of carbonyl (C=O) groups excluding carboxylic acids is 1. The van der Waals surface area contributed by atoms with E-state index >= 15 is 0 Å². The van der Waals surface area contributed by atoms with E-state index in [0.717, 1.165) is 22.5 Å². The van der Waals surface area contributed by atoms with Crippen LogP contribution in [0, 0.1) is 0 Å². The molecule has 0 fully saturated rings. The molecule has 5 heteroatoms. The number of anilines is 1. The van der Waals surface area contributed by atoms with Gasteiger partial charge in [-0.05, 0) is 25.5 Å². The minimum Gasteiger partial charge on any atom is -0.452 e. The van der Waals surface area contributed by atoms with Gasteiger partial charge in [0.05, 0.1) is 18.5 Å². The van der Waals surface area contributed by atoms with Crippen LogP contribution in [0.4, 0.5) is 10.5 Å². The van der Waals surface area contributed by atoms with Crippen molar-refractivity contribution in [1.82, 2.24) is 0 Å². The zero-order chi connectivity index (χ0) is 17.4. The van der Waals surface area contributed by atoms with E-state index in [1.807, 2.05) is 68.4 Å². The summed E-state index contributed by atoms with van der Waals surface area (Å²) in [6.07, 6.45) is -0.395. The lowest BCUT2D eigenvalue weighted by Crippen LogP contribution is -2.31. The summed E-state index contributed by atoms with van der Waals surface area (Å²) >= 11 is 0. The first kappa shape index (κ1) is 17.5. The first-order valence-electron chi connectivity index (χ1n) is 7.82. The van der Waals surface area contributed by atoms with Crippen molar-refractivity contribution in [2.24, 2.45) is 5.16 Å². The quantitative estimate of drug-likeness (QED) is 0.590. The Balaban J connectivity index is 2.12. The van der Waals surface area contributed by atoms with Crippen molar-refractivity contribution in [3.63, 3.8) is 0 Å². The summed E-state index contributed by atoms with van der Waals surface area (Å²) in [4.78, 5) is 19.0. The predicted molar refractivity (Wildman–Crippen MR) is 95.3 cm³/mol. The number of hydrogen-bond acceptors (Lipinski definition) is 4. The van der Waals surface area contributed by atoms with Gasteiger partial charge in [-0.2, -0.15) is 0 Å². The number of amides is 1. The second kappa shape index (κ2) is 8.72. The molecular weight excluding hydrogens is 304 g/mol. The van der Waals surface area contributed by atoms with Crippen LogP contribution in [0.1, 0.15) is 25.0 Å². The lowest BCUT2D eigenvalue weighted by Gasteiger charge is -2.21. The lowest BCUT2D eigenvalue weighted by molar-refractivity contribution is 0.130. The molecule has 0 aliphatic heterocycles. The van der Waals surface area contributed by atoms with Crippen LogP contribution < -0.4 is 4.90 Å². The third kappa shape index (κ3) is 4.35. The van der Waals surface area contributed by atoms with Crippen molar-refractivity contribution in [1.29, 1.82) is 0 Å². The van der Waals surface area contributed by atoms with Gasteiger partial charge in [0.15, 0.2) is 0 Å². The zero-order valence-corrected chi connectivity index (χ0v) is 14.2. The Kier molecular flexibility index (Phi) is 6.37. The Morgan fingerprint density at radius 1 is 1.08 bits per heavy atom. The zero-order valence-electron chi connectivity index (χ0n) is 14.2. The van der Waals surface area contributed by atoms with Gasteiger partial charge in [0.1, 0.15) is 6.61 Å². The topological polar surface area (TPSA) is 51.1 Å². The number of methoxy groups -OCH3 is 1. The van der Waals surface area contributed by atoms with Gasteiger partial charge in [0, 0.05) is 12.1 Å². The van der Waals surface area contributed by atoms with Crippen LogP contribution in [0.5, 0.6) is 0 Å². The molecule has 0 N–H and O–H groups in total. The molecule has 24 heavy (non-hydrogen) atoms. The van der Waals surface area contributed by atoms with Crippen LogP contribution in [-0.4, -0.2) is 25.5 Å². The van der Waals surface area contributed by atoms with Crippen LogP contribution >= 0.6 is 0 Å². The summed E-state index contributed by atoms with van der Waals surface area (Å²) in [5, 5.41) is 4.16. The van der Waals surface area contributed by atoms with Gasteiger partial charge in [-0.1, -0.05) is 53.7 Å². The number of para-hydroxylation sites is 1. The van der Waals surface area contributed by atoms with E-state index in [4.69, 9.17) is 9.57 Å². The molecule has 0 heterocycles. The highest BCUT2D eigenvalue weighted by molar-refractivity contribution is 5.98. The number of rotatable bonds is 6. The smallest absolute Gasteiger partial charge is 0.413 e. The molecule has 126 valence electrons. The summed E-state index contributed by atoms with van der Waals surface area (Å²) < 4.78 is 4.83. The van der Waals surface area contributed by atoms with Crippen molar-refractivity contribution >= 4 is 17.5 Å². The molecule has 0 saturated heterocycles. The van der Waals surface area contributed by atoms with E-state index in [2.05, 4.69) is 5.16 Å². The maximum Gasteiger partial charge on any atom is 0.413 e. The molecule has 0 spiro atoms. The van der Waals surface area contributed by atoms with E-state index in [9.17, 15) is 4.79 Å². The minimum atomic E-state index is -0.395. The van der Waals surface area contributed by atoms with Gasteiger partial charge in [-0.25, -0.2) is 4.79 Å². The van der Waals surface area contributed by atoms with Crippen molar-refractivity contribution in [2.45, 2.75) is 20.5 Å². The third-order valence-corrected chi connectivity index (χ3v) is 3.61. The largest absolute Gasteiger partial charge is 0.452 e. The molecule has 1 amide bonds. The summed E-state index contributed by atoms with van der Waals surface area (Å²) in [6.45, 7) is 4.57. The van der Waals surface area contributed by atoms with E-state index in [-0.39, 0.29) is 6.61 Å². The third-order valence-electron chi connectivity index (χ3n) is 3.61. The Morgan fingerprint density at radius 3 is 2.42 bits per heavy atom. The van der Waals surface area contributed by atoms with Gasteiger partial charge in [0.25, 0.3) is 0 Å². The van der Waals surface area contributed by atoms with Gasteiger partial charge in [0.2, 0.25) is 0 Å². The fourth-order valence-corrected chi connectivity index (χ4v) is 2.33. The maximum atomic E-state index is 11.9. The van der Waals surface area contributed by atoms with Gasteiger partial charge in [-0.15, -0.1) is 0 Å². The van der Waals surface area contributed by atoms with Gasteiger partial charge in [-0.3, -0.25) is 4.90 Å². The number of hydrogen-bond donors (Lipinski definition) is 0. The van der Waals surface area contributed by atoms with Gasteiger partial charge < -0.3 is 9.57 Å². The van der Waals surface area contributed by atoms with E-state index < -0.39 is 6.09 Å². The molecule has 0 saturated carbocycles. The predicted octanol–water partition coefficient (Wildman–Crippen LogP) is 4.22. The number of oxime groups is 1. The molecule has 0 bridgehead atoms. The molecule has 0 unspecified atom stereocenters. The number of carbonyl (C=O) groups is 1. The first-order valence-corrected chi connectivity index (χ1v) is 7.82. The van der Waals surface area contributed by atoms with Crippen LogP contribution in [0.15, 0.2) is 59.8 Å². The van der Waals surface area contributed by atoms with Gasteiger partial charge >= 0.3 is 6.09 Å². The Morgan fingerprint density at radius 2 is 1.75 bits per heavy atom. The highest BCUT2D eigenvalue weighted by atomic mass is 16.6. The summed E-state index contributed by atoms with van der Waals surface area (Å²) in [5.74, 6) is 0. The molecule has 0 atom stereocenters. The highest BCUT2D eigenvalue weighted by Crippen LogP contribution is 2.22. The number of nitrogens with zero attached hydrogens (tertiary/aromatic N) is 2. The molecule has 5 nitrogen and oxygen atoms in total. The standard InChI is InChI=1S/C19H22N2O3/c1-4-21(19(22)23-3)18-13-9-8-12-17(18)14-24-20-15(2)16-10-6-5-7-11-16/h5-13H,4,14H2,1-3H3. The van der Waals surface area contributed by atoms with Crippen molar-refractivity contribution in [2.75, 3.05) is 18.6 Å². The molecule has 2 aromatic rings. The maximum absolute atomic E-state index is 11.9. The van der Waals surface area contributed by atoms with Crippen LogP contribution in [0.25, 0.3) is 0 Å².